The van der Waals surface area contributed by atoms with Crippen molar-refractivity contribution in [1.29, 1.82) is 0 Å². The van der Waals surface area contributed by atoms with E-state index in [1.54, 1.807) is 19.1 Å². The fourth-order valence-electron chi connectivity index (χ4n) is 2.92. The van der Waals surface area contributed by atoms with Gasteiger partial charge in [0.1, 0.15) is 0 Å². The summed E-state index contributed by atoms with van der Waals surface area (Å²) >= 11 is 0. The lowest BCUT2D eigenvalue weighted by atomic mass is 9.89. The number of fused-ring (bicyclic) bond motifs is 1. The number of methoxy groups -OCH3 is 1. The first-order chi connectivity index (χ1) is 11.5. The minimum absolute atomic E-state index is 0.0975. The molecule has 0 saturated heterocycles. The second-order valence-corrected chi connectivity index (χ2v) is 5.59. The molecule has 1 aromatic carbocycles. The highest BCUT2D eigenvalue weighted by Gasteiger charge is 2.27. The van der Waals surface area contributed by atoms with E-state index in [1.165, 1.54) is 7.11 Å². The molecule has 3 aromatic rings. The summed E-state index contributed by atoms with van der Waals surface area (Å²) in [5.74, 6) is -1.19. The minimum Gasteiger partial charge on any atom is -0.469 e. The lowest BCUT2D eigenvalue weighted by molar-refractivity contribution is -0.140. The van der Waals surface area contributed by atoms with Crippen LogP contribution in [-0.2, 0) is 9.53 Å². The van der Waals surface area contributed by atoms with E-state index in [1.807, 2.05) is 18.2 Å². The van der Waals surface area contributed by atoms with Gasteiger partial charge in [-0.15, -0.1) is 0 Å². The number of rotatable bonds is 4. The number of benzene rings is 1. The number of para-hydroxylation sites is 1. The van der Waals surface area contributed by atoms with Crippen LogP contribution in [-0.4, -0.2) is 28.3 Å². The van der Waals surface area contributed by atoms with Crippen LogP contribution in [0.5, 0.6) is 0 Å². The molecule has 0 amide bonds. The van der Waals surface area contributed by atoms with Crippen LogP contribution in [0, 0.1) is 6.92 Å². The number of nitrogens with one attached hydrogen (secondary N) is 3. The fraction of sp³-hybridized carbons (Fsp3) is 0.235. The van der Waals surface area contributed by atoms with Crippen molar-refractivity contribution in [1.82, 2.24) is 15.2 Å². The van der Waals surface area contributed by atoms with Crippen LogP contribution in [0.2, 0.25) is 0 Å². The van der Waals surface area contributed by atoms with E-state index in [9.17, 15) is 14.4 Å². The molecular formula is C17H17N3O4. The summed E-state index contributed by atoms with van der Waals surface area (Å²) in [4.78, 5) is 39.3. The average Bonchev–Trinajstić information content (AvgIpc) is 2.91. The van der Waals surface area contributed by atoms with Crippen molar-refractivity contribution >= 4 is 16.9 Å². The van der Waals surface area contributed by atoms with Gasteiger partial charge in [-0.25, -0.2) is 0 Å². The van der Waals surface area contributed by atoms with Crippen LogP contribution >= 0.6 is 0 Å². The van der Waals surface area contributed by atoms with Crippen LogP contribution in [0.3, 0.4) is 0 Å². The third kappa shape index (κ3) is 2.76. The molecule has 0 aliphatic rings. The summed E-state index contributed by atoms with van der Waals surface area (Å²) in [6.45, 7) is 1.72. The number of aromatic nitrogens is 3. The molecule has 0 fully saturated rings. The van der Waals surface area contributed by atoms with Gasteiger partial charge < -0.3 is 14.8 Å². The van der Waals surface area contributed by atoms with Gasteiger partial charge in [-0.1, -0.05) is 18.2 Å². The van der Waals surface area contributed by atoms with Gasteiger partial charge >= 0.3 is 5.97 Å². The zero-order valence-electron chi connectivity index (χ0n) is 13.3. The van der Waals surface area contributed by atoms with Crippen LogP contribution in [0.25, 0.3) is 10.9 Å². The molecule has 0 saturated carbocycles. The Morgan fingerprint density at radius 2 is 1.92 bits per heavy atom. The van der Waals surface area contributed by atoms with Gasteiger partial charge in [0.2, 0.25) is 0 Å². The van der Waals surface area contributed by atoms with Gasteiger partial charge in [-0.3, -0.25) is 19.5 Å². The maximum absolute atomic E-state index is 12.5. The molecule has 0 bridgehead atoms. The monoisotopic (exact) mass is 327 g/mol. The Labute approximate surface area is 136 Å². The average molecular weight is 327 g/mol. The second kappa shape index (κ2) is 6.19. The summed E-state index contributed by atoms with van der Waals surface area (Å²) in [7, 11) is 1.28. The molecule has 2 heterocycles. The number of carbonyl (C=O) groups excluding carboxylic acids is 1. The summed E-state index contributed by atoms with van der Waals surface area (Å²) in [5.41, 5.74) is 1.31. The third-order valence-corrected chi connectivity index (χ3v) is 4.12. The summed E-state index contributed by atoms with van der Waals surface area (Å²) < 4.78 is 4.73. The van der Waals surface area contributed by atoms with Crippen LogP contribution in [0.1, 0.15) is 29.2 Å². The molecule has 0 aliphatic carbocycles. The number of pyridine rings is 1. The number of esters is 1. The van der Waals surface area contributed by atoms with E-state index in [0.717, 1.165) is 5.39 Å². The van der Waals surface area contributed by atoms with E-state index < -0.39 is 11.9 Å². The molecule has 7 heteroatoms. The number of ether oxygens (including phenoxy) is 1. The smallest absolute Gasteiger partial charge is 0.306 e. The normalized spacial score (nSPS) is 12.2. The highest BCUT2D eigenvalue weighted by Crippen LogP contribution is 2.27. The zero-order chi connectivity index (χ0) is 17.3. The molecule has 1 unspecified atom stereocenters. The van der Waals surface area contributed by atoms with Gasteiger partial charge in [0.05, 0.1) is 13.5 Å². The van der Waals surface area contributed by atoms with Crippen LogP contribution < -0.4 is 11.1 Å². The van der Waals surface area contributed by atoms with Gasteiger partial charge in [0.25, 0.3) is 11.1 Å². The first kappa shape index (κ1) is 15.8. The predicted molar refractivity (Wildman–Crippen MR) is 89.2 cm³/mol. The van der Waals surface area contributed by atoms with Gasteiger partial charge in [-0.05, 0) is 24.4 Å². The number of aryl methyl sites for hydroxylation is 1. The quantitative estimate of drug-likeness (QED) is 0.632. The summed E-state index contributed by atoms with van der Waals surface area (Å²) in [6, 6.07) is 9.05. The Bertz CT molecular complexity index is 1010. The highest BCUT2D eigenvalue weighted by atomic mass is 16.5. The van der Waals surface area contributed by atoms with Crippen molar-refractivity contribution in [3.8, 4) is 0 Å². The van der Waals surface area contributed by atoms with E-state index in [4.69, 9.17) is 4.74 Å². The molecule has 0 aliphatic heterocycles. The van der Waals surface area contributed by atoms with E-state index >= 15 is 0 Å². The maximum Gasteiger partial charge on any atom is 0.306 e. The van der Waals surface area contributed by atoms with E-state index in [-0.39, 0.29) is 17.5 Å². The minimum atomic E-state index is -0.694. The number of carbonyl (C=O) groups is 1. The molecule has 0 spiro atoms. The molecule has 3 N–H and O–H groups in total. The van der Waals surface area contributed by atoms with Crippen molar-refractivity contribution < 1.29 is 9.53 Å². The predicted octanol–water partition coefficient (Wildman–Crippen LogP) is 1.55. The molecular weight excluding hydrogens is 310 g/mol. The molecule has 124 valence electrons. The van der Waals surface area contributed by atoms with Crippen LogP contribution in [0.4, 0.5) is 0 Å². The van der Waals surface area contributed by atoms with Gasteiger partial charge in [-0.2, -0.15) is 0 Å². The lowest BCUT2D eigenvalue weighted by Gasteiger charge is -2.15. The zero-order valence-corrected chi connectivity index (χ0v) is 13.3. The Kier molecular flexibility index (Phi) is 4.07. The number of hydrogen-bond acceptors (Lipinski definition) is 4. The first-order valence-electron chi connectivity index (χ1n) is 7.47. The van der Waals surface area contributed by atoms with Crippen molar-refractivity contribution in [2.24, 2.45) is 0 Å². The number of aromatic amines is 3. The van der Waals surface area contributed by atoms with Crippen molar-refractivity contribution in [2.45, 2.75) is 19.3 Å². The topological polar surface area (TPSA) is 108 Å². The highest BCUT2D eigenvalue weighted by molar-refractivity contribution is 5.79. The van der Waals surface area contributed by atoms with Crippen molar-refractivity contribution in [3.05, 3.63) is 67.9 Å². The lowest BCUT2D eigenvalue weighted by Crippen LogP contribution is -2.23. The summed E-state index contributed by atoms with van der Waals surface area (Å²) in [5, 5.41) is 6.05. The Balaban J connectivity index is 2.22. The molecule has 1 atom stereocenters. The second-order valence-electron chi connectivity index (χ2n) is 5.59. The molecule has 7 nitrogen and oxygen atoms in total. The standard InChI is InChI=1S/C17H17N3O4/c1-9-15(17(23)20-19-9)11(8-14(21)24-2)12-7-10-5-3-4-6-13(10)18-16(12)22/h3-7,11H,8H2,1-2H3,(H,18,22)(H2,19,20,23). The SMILES string of the molecule is COC(=O)CC(c1cc2ccccc2[nH]c1=O)c1c(C)[nH][nH]c1=O. The Hall–Kier alpha value is -3.09. The molecule has 24 heavy (non-hydrogen) atoms. The first-order valence-corrected chi connectivity index (χ1v) is 7.47. The maximum atomic E-state index is 12.5. The van der Waals surface area contributed by atoms with Gasteiger partial charge in [0, 0.05) is 28.3 Å². The number of H-pyrrole nitrogens is 3. The summed E-state index contributed by atoms with van der Waals surface area (Å²) in [6.07, 6.45) is -0.0975. The molecule has 0 radical (unpaired) electrons. The molecule has 3 rings (SSSR count). The largest absolute Gasteiger partial charge is 0.469 e. The number of hydrogen-bond donors (Lipinski definition) is 3. The molecule has 2 aromatic heterocycles. The van der Waals surface area contributed by atoms with Crippen LogP contribution in [0.15, 0.2) is 39.9 Å². The third-order valence-electron chi connectivity index (χ3n) is 4.12. The van der Waals surface area contributed by atoms with Crippen molar-refractivity contribution in [2.75, 3.05) is 7.11 Å². The Morgan fingerprint density at radius 1 is 1.17 bits per heavy atom. The van der Waals surface area contributed by atoms with E-state index in [0.29, 0.717) is 22.3 Å². The van der Waals surface area contributed by atoms with E-state index in [2.05, 4.69) is 15.2 Å². The van der Waals surface area contributed by atoms with Gasteiger partial charge in [0.15, 0.2) is 0 Å². The fourth-order valence-corrected chi connectivity index (χ4v) is 2.92. The van der Waals surface area contributed by atoms with Crippen molar-refractivity contribution in [3.63, 3.8) is 0 Å². The Morgan fingerprint density at radius 3 is 2.58 bits per heavy atom.